The third kappa shape index (κ3) is 5.08. The molecule has 2 unspecified atom stereocenters. The van der Waals surface area contributed by atoms with Crippen molar-refractivity contribution < 1.29 is 14.3 Å². The lowest BCUT2D eigenvalue weighted by Gasteiger charge is -2.39. The SMILES string of the molecule is COc1cc(C(=O)N2CC3CCC2[C@@H]3N)cc2nc(-c3cc4cccnc4n3CC3CC3)n(CC3CN(C(=O)c4cnc(CC#N)nc4)C3)c12. The number of nitrogens with two attached hydrogens (primary N) is 1. The number of ether oxygens (including phenoxy) is 1. The standard InChI is InChI=1S/C37H38N10O3/c1-50-30-13-25(37(49)46-20-24-6-7-28(46)32(24)39)11-27-33(30)47(19-22-16-44(17-22)36(48)26-14-41-31(8-9-38)42-15-26)35(43-27)29-12-23-3-2-10-40-34(23)45(29)18-21-4-5-21/h2-3,10-15,21-22,24,28,32H,4-8,16-20,39H2,1H3/t24?,28?,32-/m1/s1. The van der Waals surface area contributed by atoms with Crippen LogP contribution in [0.2, 0.25) is 0 Å². The third-order valence-electron chi connectivity index (χ3n) is 11.1. The summed E-state index contributed by atoms with van der Waals surface area (Å²) in [4.78, 5) is 49.3. The van der Waals surface area contributed by atoms with Gasteiger partial charge in [0.15, 0.2) is 5.82 Å². The van der Waals surface area contributed by atoms with E-state index in [9.17, 15) is 9.59 Å². The van der Waals surface area contributed by atoms with E-state index in [2.05, 4.69) is 31.2 Å². The van der Waals surface area contributed by atoms with Crippen LogP contribution in [0, 0.1) is 29.1 Å². The van der Waals surface area contributed by atoms with Gasteiger partial charge in [0.2, 0.25) is 0 Å². The molecule has 13 heteroatoms. The second-order valence-corrected chi connectivity index (χ2v) is 14.3. The summed E-state index contributed by atoms with van der Waals surface area (Å²) in [5.74, 6) is 2.72. The third-order valence-corrected chi connectivity index (χ3v) is 11.1. The minimum absolute atomic E-state index is 0.0294. The first-order valence-corrected chi connectivity index (χ1v) is 17.5. The molecule has 0 spiro atoms. The first-order chi connectivity index (χ1) is 24.4. The first kappa shape index (κ1) is 30.7. The number of fused-ring (bicyclic) bond motifs is 4. The van der Waals surface area contributed by atoms with Crippen molar-refractivity contribution in [1.82, 2.24) is 38.9 Å². The number of hydrogen-bond donors (Lipinski definition) is 1. The Morgan fingerprint density at radius 3 is 2.46 bits per heavy atom. The first-order valence-electron chi connectivity index (χ1n) is 17.5. The molecule has 6 heterocycles. The summed E-state index contributed by atoms with van der Waals surface area (Å²) in [6.07, 6.45) is 9.33. The second-order valence-electron chi connectivity index (χ2n) is 14.3. The second kappa shape index (κ2) is 11.9. The summed E-state index contributed by atoms with van der Waals surface area (Å²) in [5.41, 5.74) is 10.8. The smallest absolute Gasteiger partial charge is 0.257 e. The summed E-state index contributed by atoms with van der Waals surface area (Å²) >= 11 is 0. The Morgan fingerprint density at radius 2 is 1.76 bits per heavy atom. The molecule has 4 aromatic heterocycles. The highest BCUT2D eigenvalue weighted by Crippen LogP contribution is 2.41. The monoisotopic (exact) mass is 670 g/mol. The van der Waals surface area contributed by atoms with Crippen LogP contribution in [0.4, 0.5) is 0 Å². The number of benzene rings is 1. The molecule has 9 rings (SSSR count). The summed E-state index contributed by atoms with van der Waals surface area (Å²) in [6.45, 7) is 3.26. The number of amides is 2. The zero-order valence-corrected chi connectivity index (χ0v) is 27.9. The van der Waals surface area contributed by atoms with Crippen LogP contribution in [-0.2, 0) is 19.5 Å². The minimum atomic E-state index is -0.132. The van der Waals surface area contributed by atoms with Gasteiger partial charge in [-0.05, 0) is 67.9 Å². The Hall–Kier alpha value is -5.35. The van der Waals surface area contributed by atoms with Crippen LogP contribution in [0.1, 0.15) is 52.2 Å². The maximum atomic E-state index is 14.0. The molecule has 2 saturated heterocycles. The molecular weight excluding hydrogens is 632 g/mol. The molecule has 4 aliphatic rings. The number of methoxy groups -OCH3 is 1. The number of pyridine rings is 1. The number of nitrogens with zero attached hydrogens (tertiary/aromatic N) is 9. The molecule has 2 aliphatic carbocycles. The fourth-order valence-corrected chi connectivity index (χ4v) is 8.27. The number of aromatic nitrogens is 6. The van der Waals surface area contributed by atoms with Gasteiger partial charge in [-0.15, -0.1) is 0 Å². The van der Waals surface area contributed by atoms with Crippen molar-refractivity contribution in [3.63, 3.8) is 0 Å². The van der Waals surface area contributed by atoms with Crippen molar-refractivity contribution in [2.45, 2.75) is 57.3 Å². The van der Waals surface area contributed by atoms with Gasteiger partial charge in [-0.2, -0.15) is 5.26 Å². The number of carbonyl (C=O) groups is 2. The number of hydrogen-bond acceptors (Lipinski definition) is 9. The predicted octanol–water partition coefficient (Wildman–Crippen LogP) is 3.66. The molecule has 50 heavy (non-hydrogen) atoms. The van der Waals surface area contributed by atoms with Crippen molar-refractivity contribution in [1.29, 1.82) is 5.26 Å². The van der Waals surface area contributed by atoms with Gasteiger partial charge in [-0.1, -0.05) is 0 Å². The lowest BCUT2D eigenvalue weighted by atomic mass is 9.98. The molecule has 1 aromatic carbocycles. The number of carbonyl (C=O) groups excluding carboxylic acids is 2. The summed E-state index contributed by atoms with van der Waals surface area (Å²) in [6, 6.07) is 12.1. The maximum Gasteiger partial charge on any atom is 0.257 e. The van der Waals surface area contributed by atoms with Crippen LogP contribution in [-0.4, -0.2) is 89.5 Å². The number of imidazole rings is 1. The van der Waals surface area contributed by atoms with Crippen LogP contribution in [0.5, 0.6) is 5.75 Å². The van der Waals surface area contributed by atoms with E-state index in [4.69, 9.17) is 25.7 Å². The van der Waals surface area contributed by atoms with Crippen LogP contribution >= 0.6 is 0 Å². The average molecular weight is 671 g/mol. The molecule has 2 aliphatic heterocycles. The van der Waals surface area contributed by atoms with E-state index in [1.807, 2.05) is 35.4 Å². The van der Waals surface area contributed by atoms with Crippen molar-refractivity contribution in [2.75, 3.05) is 26.7 Å². The van der Waals surface area contributed by atoms with Gasteiger partial charge in [0.1, 0.15) is 22.7 Å². The molecule has 5 aromatic rings. The van der Waals surface area contributed by atoms with E-state index in [0.717, 1.165) is 47.5 Å². The van der Waals surface area contributed by atoms with E-state index in [1.165, 1.54) is 25.2 Å². The van der Waals surface area contributed by atoms with E-state index in [-0.39, 0.29) is 36.2 Å². The molecular formula is C37H38N10O3. The van der Waals surface area contributed by atoms with Gasteiger partial charge < -0.3 is 29.4 Å². The molecule has 3 atom stereocenters. The van der Waals surface area contributed by atoms with Crippen molar-refractivity contribution in [3.8, 4) is 23.3 Å². The highest BCUT2D eigenvalue weighted by molar-refractivity contribution is 6.00. The Bertz CT molecular complexity index is 2190. The Balaban J connectivity index is 1.09. The lowest BCUT2D eigenvalue weighted by molar-refractivity contribution is 0.0470. The zero-order valence-electron chi connectivity index (χ0n) is 27.9. The quantitative estimate of drug-likeness (QED) is 0.247. The van der Waals surface area contributed by atoms with Gasteiger partial charge in [-0.3, -0.25) is 9.59 Å². The lowest BCUT2D eigenvalue weighted by Crippen LogP contribution is -2.51. The maximum absolute atomic E-state index is 14.0. The summed E-state index contributed by atoms with van der Waals surface area (Å²) in [5, 5.41) is 9.97. The summed E-state index contributed by atoms with van der Waals surface area (Å²) < 4.78 is 10.5. The highest BCUT2D eigenvalue weighted by atomic mass is 16.5. The number of rotatable bonds is 9. The Labute approximate surface area is 288 Å². The minimum Gasteiger partial charge on any atom is -0.494 e. The number of nitriles is 1. The van der Waals surface area contributed by atoms with Crippen molar-refractivity contribution >= 4 is 33.9 Å². The van der Waals surface area contributed by atoms with E-state index in [1.54, 1.807) is 12.0 Å². The fraction of sp³-hybridized carbons (Fsp3) is 0.432. The Morgan fingerprint density at radius 1 is 0.960 bits per heavy atom. The number of piperidine rings is 1. The highest BCUT2D eigenvalue weighted by Gasteiger charge is 2.47. The number of likely N-dealkylation sites (tertiary alicyclic amines) is 2. The zero-order chi connectivity index (χ0) is 34.1. The van der Waals surface area contributed by atoms with Crippen molar-refractivity contribution in [2.24, 2.45) is 23.5 Å². The van der Waals surface area contributed by atoms with Gasteiger partial charge >= 0.3 is 0 Å². The molecule has 2 N–H and O–H groups in total. The fourth-order valence-electron chi connectivity index (χ4n) is 8.27. The van der Waals surface area contributed by atoms with Gasteiger partial charge in [0, 0.05) is 80.3 Å². The van der Waals surface area contributed by atoms with Crippen LogP contribution < -0.4 is 10.5 Å². The van der Waals surface area contributed by atoms with E-state index >= 15 is 0 Å². The predicted molar refractivity (Wildman–Crippen MR) is 184 cm³/mol. The van der Waals surface area contributed by atoms with E-state index < -0.39 is 0 Å². The normalized spacial score (nSPS) is 21.6. The Kier molecular flexibility index (Phi) is 7.31. The summed E-state index contributed by atoms with van der Waals surface area (Å²) in [7, 11) is 1.63. The largest absolute Gasteiger partial charge is 0.494 e. The van der Waals surface area contributed by atoms with Crippen LogP contribution in [0.15, 0.2) is 48.9 Å². The molecule has 0 radical (unpaired) electrons. The molecule has 2 saturated carbocycles. The van der Waals surface area contributed by atoms with Crippen LogP contribution in [0.3, 0.4) is 0 Å². The van der Waals surface area contributed by atoms with Crippen molar-refractivity contribution in [3.05, 3.63) is 65.9 Å². The van der Waals surface area contributed by atoms with Gasteiger partial charge in [0.25, 0.3) is 11.8 Å². The van der Waals surface area contributed by atoms with Gasteiger partial charge in [-0.25, -0.2) is 19.9 Å². The van der Waals surface area contributed by atoms with Crippen LogP contribution in [0.25, 0.3) is 33.6 Å². The topological polar surface area (TPSA) is 161 Å². The average Bonchev–Trinajstić information content (AvgIpc) is 3.47. The molecule has 13 nitrogen and oxygen atoms in total. The molecule has 4 fully saturated rings. The molecule has 2 bridgehead atoms. The molecule has 254 valence electrons. The molecule has 2 amide bonds. The van der Waals surface area contributed by atoms with E-state index in [0.29, 0.717) is 66.2 Å². The van der Waals surface area contributed by atoms with Gasteiger partial charge in [0.05, 0.1) is 36.4 Å².